The predicted octanol–water partition coefficient (Wildman–Crippen LogP) is 3.73. The Morgan fingerprint density at radius 3 is 2.78 bits per heavy atom. The van der Waals surface area contributed by atoms with Gasteiger partial charge in [-0.1, -0.05) is 23.2 Å². The van der Waals surface area contributed by atoms with E-state index < -0.39 is 0 Å². The number of carbonyl (C=O) groups is 2. The molecule has 1 aromatic carbocycles. The van der Waals surface area contributed by atoms with Crippen LogP contribution in [0.5, 0.6) is 0 Å². The van der Waals surface area contributed by atoms with E-state index in [1.54, 1.807) is 45.8 Å². The molecule has 2 aliphatic heterocycles. The zero-order valence-corrected chi connectivity index (χ0v) is 19.2. The van der Waals surface area contributed by atoms with Gasteiger partial charge in [-0.15, -0.1) is 0 Å². The lowest BCUT2D eigenvalue weighted by Crippen LogP contribution is -2.44. The van der Waals surface area contributed by atoms with E-state index in [1.807, 2.05) is 6.92 Å². The number of amides is 2. The van der Waals surface area contributed by atoms with Crippen molar-refractivity contribution in [3.8, 4) is 0 Å². The molecule has 4 heterocycles. The van der Waals surface area contributed by atoms with E-state index >= 15 is 0 Å². The maximum Gasteiger partial charge on any atom is 0.272 e. The molecule has 0 saturated carbocycles. The highest BCUT2D eigenvalue weighted by molar-refractivity contribution is 6.42. The van der Waals surface area contributed by atoms with Gasteiger partial charge in [0.05, 0.1) is 41.6 Å². The summed E-state index contributed by atoms with van der Waals surface area (Å²) in [5, 5.41) is 5.42. The Balaban J connectivity index is 1.43. The second-order valence-corrected chi connectivity index (χ2v) is 9.00. The standard InChI is InChI=1S/C22H21Cl2N5O3/c1-12-7-19-16(11-28(12)21(30)14-3-4-17(23)18(24)8-14)20-22(31)27(5-6-29(20)26-19)10-15-9-25-13(2)32-15/h3-4,8-9,12H,5-7,10-11H2,1-2H3/t12-/m1/s1. The quantitative estimate of drug-likeness (QED) is 0.578. The molecule has 2 aromatic heterocycles. The summed E-state index contributed by atoms with van der Waals surface area (Å²) < 4.78 is 7.32. The first-order valence-electron chi connectivity index (χ1n) is 10.4. The number of oxazole rings is 1. The van der Waals surface area contributed by atoms with Crippen LogP contribution in [0.1, 0.15) is 50.7 Å². The Bertz CT molecular complexity index is 1230. The largest absolute Gasteiger partial charge is 0.444 e. The minimum Gasteiger partial charge on any atom is -0.444 e. The molecule has 2 aliphatic rings. The van der Waals surface area contributed by atoms with Gasteiger partial charge in [0.1, 0.15) is 11.5 Å². The summed E-state index contributed by atoms with van der Waals surface area (Å²) in [6, 6.07) is 4.79. The first kappa shape index (κ1) is 21.0. The summed E-state index contributed by atoms with van der Waals surface area (Å²) in [4.78, 5) is 34.2. The van der Waals surface area contributed by atoms with E-state index in [4.69, 9.17) is 27.6 Å². The van der Waals surface area contributed by atoms with Crippen molar-refractivity contribution in [2.24, 2.45) is 0 Å². The van der Waals surface area contributed by atoms with Crippen molar-refractivity contribution in [2.45, 2.75) is 45.9 Å². The van der Waals surface area contributed by atoms with Crippen LogP contribution >= 0.6 is 23.2 Å². The van der Waals surface area contributed by atoms with Gasteiger partial charge in [-0.3, -0.25) is 14.3 Å². The van der Waals surface area contributed by atoms with Crippen LogP contribution in [0.2, 0.25) is 10.0 Å². The molecule has 5 rings (SSSR count). The molecule has 0 spiro atoms. The molecule has 166 valence electrons. The van der Waals surface area contributed by atoms with E-state index in [-0.39, 0.29) is 17.9 Å². The van der Waals surface area contributed by atoms with Crippen LogP contribution in [0.4, 0.5) is 0 Å². The van der Waals surface area contributed by atoms with Gasteiger partial charge in [0, 0.05) is 37.1 Å². The summed E-state index contributed by atoms with van der Waals surface area (Å²) in [6.45, 7) is 5.54. The molecule has 32 heavy (non-hydrogen) atoms. The molecule has 0 N–H and O–H groups in total. The van der Waals surface area contributed by atoms with Gasteiger partial charge in [-0.2, -0.15) is 5.10 Å². The van der Waals surface area contributed by atoms with Crippen molar-refractivity contribution in [1.82, 2.24) is 24.6 Å². The highest BCUT2D eigenvalue weighted by atomic mass is 35.5. The minimum atomic E-state index is -0.154. The maximum atomic E-state index is 13.3. The number of rotatable bonds is 3. The number of aryl methyl sites for hydroxylation is 1. The normalized spacial score (nSPS) is 18.0. The number of nitrogens with zero attached hydrogens (tertiary/aromatic N) is 5. The molecule has 0 unspecified atom stereocenters. The molecule has 0 radical (unpaired) electrons. The minimum absolute atomic E-state index is 0.0650. The fourth-order valence-corrected chi connectivity index (χ4v) is 4.65. The van der Waals surface area contributed by atoms with E-state index in [0.717, 1.165) is 11.3 Å². The van der Waals surface area contributed by atoms with Crippen LogP contribution in [-0.4, -0.2) is 49.0 Å². The highest BCUT2D eigenvalue weighted by Crippen LogP contribution is 2.31. The van der Waals surface area contributed by atoms with Gasteiger partial charge >= 0.3 is 0 Å². The van der Waals surface area contributed by atoms with Crippen molar-refractivity contribution in [1.29, 1.82) is 0 Å². The Morgan fingerprint density at radius 1 is 1.25 bits per heavy atom. The molecule has 3 aromatic rings. The molecule has 8 nitrogen and oxygen atoms in total. The number of hydrogen-bond donors (Lipinski definition) is 0. The zero-order valence-electron chi connectivity index (χ0n) is 17.6. The number of fused-ring (bicyclic) bond motifs is 3. The zero-order chi connectivity index (χ0) is 22.6. The van der Waals surface area contributed by atoms with E-state index in [0.29, 0.717) is 65.6 Å². The van der Waals surface area contributed by atoms with Crippen LogP contribution in [0.3, 0.4) is 0 Å². The molecule has 0 fully saturated rings. The highest BCUT2D eigenvalue weighted by Gasteiger charge is 2.37. The topological polar surface area (TPSA) is 84.5 Å². The number of halogens is 2. The number of hydrogen-bond acceptors (Lipinski definition) is 5. The van der Waals surface area contributed by atoms with Crippen molar-refractivity contribution in [3.05, 3.63) is 68.6 Å². The van der Waals surface area contributed by atoms with Gasteiger partial charge in [-0.05, 0) is 25.1 Å². The van der Waals surface area contributed by atoms with Gasteiger partial charge in [0.25, 0.3) is 11.8 Å². The molecule has 1 atom stereocenters. The van der Waals surface area contributed by atoms with Gasteiger partial charge in [0.15, 0.2) is 5.89 Å². The summed E-state index contributed by atoms with van der Waals surface area (Å²) in [7, 11) is 0. The molecular formula is C22H21Cl2N5O3. The number of aromatic nitrogens is 3. The molecule has 2 amide bonds. The number of benzene rings is 1. The van der Waals surface area contributed by atoms with Crippen molar-refractivity contribution < 1.29 is 14.0 Å². The fourth-order valence-electron chi connectivity index (χ4n) is 4.35. The van der Waals surface area contributed by atoms with Crippen molar-refractivity contribution >= 4 is 35.0 Å². The first-order chi connectivity index (χ1) is 15.3. The van der Waals surface area contributed by atoms with Crippen LogP contribution in [-0.2, 0) is 26.1 Å². The monoisotopic (exact) mass is 473 g/mol. The number of carbonyl (C=O) groups excluding carboxylic acids is 2. The van der Waals surface area contributed by atoms with Crippen molar-refractivity contribution in [2.75, 3.05) is 6.54 Å². The molecule has 10 heteroatoms. The fraction of sp³-hybridized carbons (Fsp3) is 0.364. The van der Waals surface area contributed by atoms with Gasteiger partial charge in [0.2, 0.25) is 0 Å². The SMILES string of the molecule is Cc1ncc(CN2CCn3nc4c(c3C2=O)CN(C(=O)c2ccc(Cl)c(Cl)c2)[C@H](C)C4)o1. The lowest BCUT2D eigenvalue weighted by Gasteiger charge is -2.34. The van der Waals surface area contributed by atoms with Crippen LogP contribution in [0, 0.1) is 6.92 Å². The Kier molecular flexibility index (Phi) is 5.22. The average Bonchev–Trinajstić information content (AvgIpc) is 3.33. The maximum absolute atomic E-state index is 13.3. The summed E-state index contributed by atoms with van der Waals surface area (Å²) in [5.41, 5.74) is 2.68. The predicted molar refractivity (Wildman–Crippen MR) is 118 cm³/mol. The summed E-state index contributed by atoms with van der Waals surface area (Å²) in [5.74, 6) is 0.939. The smallest absolute Gasteiger partial charge is 0.272 e. The lowest BCUT2D eigenvalue weighted by molar-refractivity contribution is 0.0632. The lowest BCUT2D eigenvalue weighted by atomic mass is 9.97. The Hall–Kier alpha value is -2.84. The summed E-state index contributed by atoms with van der Waals surface area (Å²) in [6.07, 6.45) is 2.22. The molecular weight excluding hydrogens is 453 g/mol. The van der Waals surface area contributed by atoms with Crippen molar-refractivity contribution in [3.63, 3.8) is 0 Å². The van der Waals surface area contributed by atoms with E-state index in [1.165, 1.54) is 0 Å². The molecule has 0 aliphatic carbocycles. The summed E-state index contributed by atoms with van der Waals surface area (Å²) >= 11 is 12.1. The first-order valence-corrected chi connectivity index (χ1v) is 11.1. The Morgan fingerprint density at radius 2 is 2.06 bits per heavy atom. The average molecular weight is 474 g/mol. The van der Waals surface area contributed by atoms with Gasteiger partial charge in [-0.25, -0.2) is 4.98 Å². The molecule has 0 bridgehead atoms. The van der Waals surface area contributed by atoms with Gasteiger partial charge < -0.3 is 14.2 Å². The molecule has 0 saturated heterocycles. The van der Waals surface area contributed by atoms with Crippen LogP contribution in [0.25, 0.3) is 0 Å². The second-order valence-electron chi connectivity index (χ2n) is 8.18. The van der Waals surface area contributed by atoms with Crippen LogP contribution < -0.4 is 0 Å². The third kappa shape index (κ3) is 3.57. The van der Waals surface area contributed by atoms with E-state index in [9.17, 15) is 9.59 Å². The third-order valence-corrected chi connectivity index (χ3v) is 6.74. The van der Waals surface area contributed by atoms with E-state index in [2.05, 4.69) is 10.1 Å². The van der Waals surface area contributed by atoms with Crippen LogP contribution in [0.15, 0.2) is 28.8 Å². The third-order valence-electron chi connectivity index (χ3n) is 6.00. The second kappa shape index (κ2) is 7.94. The Labute approximate surface area is 194 Å².